The summed E-state index contributed by atoms with van der Waals surface area (Å²) in [5, 5.41) is 13.9. The molecule has 2 aliphatic rings. The zero-order valence-corrected chi connectivity index (χ0v) is 20.3. The van der Waals surface area contributed by atoms with E-state index in [1.54, 1.807) is 11.0 Å². The van der Waals surface area contributed by atoms with E-state index in [0.29, 0.717) is 24.6 Å². The van der Waals surface area contributed by atoms with Gasteiger partial charge in [0.05, 0.1) is 53.5 Å². The molecule has 1 aliphatic heterocycles. The molecule has 0 unspecified atom stereocenters. The first kappa shape index (κ1) is 22.4. The van der Waals surface area contributed by atoms with Gasteiger partial charge in [0.1, 0.15) is 5.60 Å². The number of benzene rings is 2. The van der Waals surface area contributed by atoms with Crippen molar-refractivity contribution in [1.29, 1.82) is 5.26 Å². The second-order valence-corrected chi connectivity index (χ2v) is 10.1. The lowest BCUT2D eigenvalue weighted by molar-refractivity contribution is 0.00415. The summed E-state index contributed by atoms with van der Waals surface area (Å²) < 4.78 is 10.1. The molecule has 8 nitrogen and oxygen atoms in total. The van der Waals surface area contributed by atoms with Gasteiger partial charge in [0, 0.05) is 13.6 Å². The van der Waals surface area contributed by atoms with Gasteiger partial charge in [-0.05, 0) is 61.4 Å². The second-order valence-electron chi connectivity index (χ2n) is 10.1. The van der Waals surface area contributed by atoms with E-state index in [0.717, 1.165) is 60.2 Å². The molecule has 0 N–H and O–H groups in total. The van der Waals surface area contributed by atoms with Gasteiger partial charge in [-0.2, -0.15) is 10.4 Å². The molecule has 182 valence electrons. The summed E-state index contributed by atoms with van der Waals surface area (Å²) in [7, 11) is 1.93. The largest absolute Gasteiger partial charge is 0.441 e. The average Bonchev–Trinajstić information content (AvgIpc) is 3.54. The van der Waals surface area contributed by atoms with Crippen molar-refractivity contribution >= 4 is 17.1 Å². The number of ether oxygens (including phenoxy) is 1. The Morgan fingerprint density at radius 1 is 1.19 bits per heavy atom. The number of imidazole rings is 1. The quantitative estimate of drug-likeness (QED) is 0.406. The molecule has 1 saturated heterocycles. The Morgan fingerprint density at radius 2 is 2.06 bits per heavy atom. The zero-order valence-electron chi connectivity index (χ0n) is 20.3. The van der Waals surface area contributed by atoms with E-state index >= 15 is 0 Å². The maximum atomic E-state index is 12.9. The lowest BCUT2D eigenvalue weighted by Gasteiger charge is -2.36. The van der Waals surface area contributed by atoms with Crippen molar-refractivity contribution in [3.63, 3.8) is 0 Å². The van der Waals surface area contributed by atoms with Crippen molar-refractivity contribution in [2.24, 2.45) is 13.0 Å². The lowest BCUT2D eigenvalue weighted by Crippen LogP contribution is -2.40. The van der Waals surface area contributed by atoms with E-state index in [1.165, 1.54) is 0 Å². The normalized spacial score (nSPS) is 21.7. The summed E-state index contributed by atoms with van der Waals surface area (Å²) in [6, 6.07) is 20.0. The minimum Gasteiger partial charge on any atom is -0.441 e. The first-order valence-electron chi connectivity index (χ1n) is 12.4. The Kier molecular flexibility index (Phi) is 5.48. The minimum absolute atomic E-state index is 0.255. The Balaban J connectivity index is 1.16. The van der Waals surface area contributed by atoms with Crippen molar-refractivity contribution < 1.29 is 9.53 Å². The van der Waals surface area contributed by atoms with Crippen LogP contribution in [-0.4, -0.2) is 42.5 Å². The van der Waals surface area contributed by atoms with E-state index in [2.05, 4.69) is 38.9 Å². The van der Waals surface area contributed by atoms with E-state index in [4.69, 9.17) is 4.74 Å². The van der Waals surface area contributed by atoms with Gasteiger partial charge in [0.15, 0.2) is 0 Å². The fourth-order valence-electron chi connectivity index (χ4n) is 5.88. The summed E-state index contributed by atoms with van der Waals surface area (Å²) in [5.74, 6) is 0.370. The molecule has 2 aromatic heterocycles. The molecule has 2 fully saturated rings. The number of amides is 1. The van der Waals surface area contributed by atoms with Crippen LogP contribution in [0.2, 0.25) is 0 Å². The smallest absolute Gasteiger partial charge is 0.410 e. The van der Waals surface area contributed by atoms with Crippen LogP contribution in [0.1, 0.15) is 36.9 Å². The third kappa shape index (κ3) is 4.11. The number of hydrogen-bond acceptors (Lipinski definition) is 5. The molecule has 8 heteroatoms. The predicted octanol–water partition coefficient (Wildman–Crippen LogP) is 4.89. The van der Waals surface area contributed by atoms with Crippen molar-refractivity contribution in [3.05, 3.63) is 72.2 Å². The highest BCUT2D eigenvalue weighted by atomic mass is 16.6. The molecular formula is C28H28N6O2. The second kappa shape index (κ2) is 8.83. The van der Waals surface area contributed by atoms with Crippen molar-refractivity contribution in [2.45, 2.75) is 44.4 Å². The number of carbonyl (C=O) groups excluding carboxylic acids is 1. The Bertz CT molecular complexity index is 1470. The number of aromatic nitrogens is 4. The van der Waals surface area contributed by atoms with E-state index in [9.17, 15) is 10.1 Å². The first-order chi connectivity index (χ1) is 17.5. The number of fused-ring (bicyclic) bond motifs is 1. The van der Waals surface area contributed by atoms with E-state index < -0.39 is 5.60 Å². The molecule has 1 saturated carbocycles. The highest BCUT2D eigenvalue weighted by Crippen LogP contribution is 2.41. The predicted molar refractivity (Wildman–Crippen MR) is 135 cm³/mol. The van der Waals surface area contributed by atoms with Crippen LogP contribution in [0.4, 0.5) is 4.79 Å². The van der Waals surface area contributed by atoms with Gasteiger partial charge in [-0.3, -0.25) is 9.58 Å². The van der Waals surface area contributed by atoms with E-state index in [-0.39, 0.29) is 6.09 Å². The lowest BCUT2D eigenvalue weighted by atomic mass is 9.78. The fraction of sp³-hybridized carbons (Fsp3) is 0.357. The number of hydrogen-bond donors (Lipinski definition) is 0. The number of nitriles is 1. The third-order valence-corrected chi connectivity index (χ3v) is 7.50. The van der Waals surface area contributed by atoms with Crippen LogP contribution in [0, 0.1) is 17.2 Å². The molecule has 6 rings (SSSR count). The van der Waals surface area contributed by atoms with Gasteiger partial charge >= 0.3 is 6.09 Å². The summed E-state index contributed by atoms with van der Waals surface area (Å²) >= 11 is 0. The Morgan fingerprint density at radius 3 is 2.89 bits per heavy atom. The molecule has 1 spiro atoms. The van der Waals surface area contributed by atoms with Crippen LogP contribution < -0.4 is 0 Å². The van der Waals surface area contributed by atoms with Gasteiger partial charge in [-0.25, -0.2) is 9.78 Å². The van der Waals surface area contributed by atoms with Crippen LogP contribution in [0.5, 0.6) is 0 Å². The first-order valence-corrected chi connectivity index (χ1v) is 12.4. The summed E-state index contributed by atoms with van der Waals surface area (Å²) in [6.45, 7) is 1.82. The molecule has 1 amide bonds. The van der Waals surface area contributed by atoms with Crippen LogP contribution in [0.3, 0.4) is 0 Å². The Labute approximate surface area is 209 Å². The highest BCUT2D eigenvalue weighted by Gasteiger charge is 2.48. The summed E-state index contributed by atoms with van der Waals surface area (Å²) in [5.41, 5.74) is 5.03. The number of carbonyl (C=O) groups is 1. The molecule has 2 aromatic carbocycles. The molecule has 36 heavy (non-hydrogen) atoms. The summed E-state index contributed by atoms with van der Waals surface area (Å²) in [6.07, 6.45) is 5.40. The van der Waals surface area contributed by atoms with Crippen molar-refractivity contribution in [1.82, 2.24) is 24.2 Å². The molecule has 0 radical (unpaired) electrons. The van der Waals surface area contributed by atoms with Gasteiger partial charge < -0.3 is 9.30 Å². The Hall–Kier alpha value is -4.12. The third-order valence-electron chi connectivity index (χ3n) is 7.50. The number of aryl methyl sites for hydroxylation is 1. The number of rotatable bonds is 5. The highest BCUT2D eigenvalue weighted by molar-refractivity contribution is 5.77. The summed E-state index contributed by atoms with van der Waals surface area (Å²) in [4.78, 5) is 19.2. The molecule has 1 aliphatic carbocycles. The average molecular weight is 481 g/mol. The van der Waals surface area contributed by atoms with Crippen LogP contribution in [0.15, 0.2) is 60.9 Å². The van der Waals surface area contributed by atoms with E-state index in [1.807, 2.05) is 48.4 Å². The monoisotopic (exact) mass is 480 g/mol. The zero-order chi connectivity index (χ0) is 24.7. The molecule has 3 heterocycles. The molecule has 4 aromatic rings. The maximum Gasteiger partial charge on any atom is 0.410 e. The van der Waals surface area contributed by atoms with Crippen molar-refractivity contribution in [3.8, 4) is 17.3 Å². The van der Waals surface area contributed by atoms with Crippen LogP contribution >= 0.6 is 0 Å². The number of nitrogens with zero attached hydrogens (tertiary/aromatic N) is 6. The van der Waals surface area contributed by atoms with Crippen molar-refractivity contribution in [2.75, 3.05) is 6.54 Å². The minimum atomic E-state index is -0.453. The molecule has 0 bridgehead atoms. The van der Waals surface area contributed by atoms with Gasteiger partial charge in [-0.15, -0.1) is 0 Å². The van der Waals surface area contributed by atoms with Gasteiger partial charge in [0.25, 0.3) is 0 Å². The van der Waals surface area contributed by atoms with Crippen LogP contribution in [-0.2, 0) is 24.9 Å². The van der Waals surface area contributed by atoms with Gasteiger partial charge in [-0.1, -0.05) is 30.3 Å². The standard InChI is InChI=1S/C28H28N6O2/c1-32-25(22-7-3-2-4-8-22)13-23(31-32)17-33-18-28(36-27(33)35)11-5-6-21(14-28)16-34-19-30-24-10-9-20(15-29)12-26(24)34/h2-4,7-10,12-13,19,21H,5-6,11,14,16-18H2,1H3/t21-,28-/m0/s1. The fourth-order valence-corrected chi connectivity index (χ4v) is 5.88. The SMILES string of the molecule is Cn1nc(CN2C[C@@]3(CCC[C@H](Cn4cnc5ccc(C#N)cc54)C3)OC2=O)cc1-c1ccccc1. The van der Waals surface area contributed by atoms with Gasteiger partial charge in [0.2, 0.25) is 0 Å². The maximum absolute atomic E-state index is 12.9. The molecular weight excluding hydrogens is 452 g/mol. The topological polar surface area (TPSA) is 89.0 Å². The molecule has 2 atom stereocenters. The van der Waals surface area contributed by atoms with Crippen LogP contribution in [0.25, 0.3) is 22.3 Å².